The second kappa shape index (κ2) is 6.10. The number of benzene rings is 2. The molecule has 0 aliphatic carbocycles. The minimum absolute atomic E-state index is 0.611. The van der Waals surface area contributed by atoms with Gasteiger partial charge in [0.05, 0.1) is 0 Å². The van der Waals surface area contributed by atoms with Crippen molar-refractivity contribution in [3.8, 4) is 0 Å². The molecule has 2 heterocycles. The normalized spacial score (nSPS) is 18.0. The van der Waals surface area contributed by atoms with Crippen molar-refractivity contribution in [1.29, 1.82) is 0 Å². The van der Waals surface area contributed by atoms with Gasteiger partial charge in [-0.3, -0.25) is 4.90 Å². The van der Waals surface area contributed by atoms with Gasteiger partial charge in [0.1, 0.15) is 0 Å². The Labute approximate surface area is 144 Å². The van der Waals surface area contributed by atoms with Crippen LogP contribution in [0.3, 0.4) is 0 Å². The SMILES string of the molecule is Cc1ccc(CCn2c3c(c4ccccc42)CN(C)C(C)C3)cc1. The minimum atomic E-state index is 0.611. The van der Waals surface area contributed by atoms with Gasteiger partial charge in [0, 0.05) is 42.1 Å². The number of aryl methyl sites for hydroxylation is 3. The lowest BCUT2D eigenvalue weighted by Gasteiger charge is -2.31. The van der Waals surface area contributed by atoms with Crippen LogP contribution in [0.2, 0.25) is 0 Å². The molecule has 0 saturated heterocycles. The summed E-state index contributed by atoms with van der Waals surface area (Å²) in [5, 5.41) is 1.44. The van der Waals surface area contributed by atoms with Gasteiger partial charge in [-0.05, 0) is 44.5 Å². The van der Waals surface area contributed by atoms with E-state index >= 15 is 0 Å². The Kier molecular flexibility index (Phi) is 3.93. The number of hydrogen-bond acceptors (Lipinski definition) is 1. The first-order valence-electron chi connectivity index (χ1n) is 8.98. The van der Waals surface area contributed by atoms with Crippen molar-refractivity contribution < 1.29 is 0 Å². The van der Waals surface area contributed by atoms with Crippen molar-refractivity contribution in [1.82, 2.24) is 9.47 Å². The van der Waals surface area contributed by atoms with Crippen LogP contribution in [0.15, 0.2) is 48.5 Å². The molecule has 0 bridgehead atoms. The van der Waals surface area contributed by atoms with Crippen LogP contribution in [0.5, 0.6) is 0 Å². The maximum Gasteiger partial charge on any atom is 0.0486 e. The lowest BCUT2D eigenvalue weighted by Crippen LogP contribution is -2.35. The van der Waals surface area contributed by atoms with E-state index in [4.69, 9.17) is 0 Å². The van der Waals surface area contributed by atoms with Crippen LogP contribution in [-0.4, -0.2) is 22.6 Å². The largest absolute Gasteiger partial charge is 0.344 e. The summed E-state index contributed by atoms with van der Waals surface area (Å²) < 4.78 is 2.58. The van der Waals surface area contributed by atoms with Gasteiger partial charge < -0.3 is 4.57 Å². The molecule has 0 N–H and O–H groups in total. The van der Waals surface area contributed by atoms with E-state index < -0.39 is 0 Å². The minimum Gasteiger partial charge on any atom is -0.344 e. The molecule has 3 aromatic rings. The number of rotatable bonds is 3. The second-order valence-corrected chi connectivity index (χ2v) is 7.30. The van der Waals surface area contributed by atoms with Gasteiger partial charge in [-0.2, -0.15) is 0 Å². The molecule has 0 radical (unpaired) electrons. The van der Waals surface area contributed by atoms with Gasteiger partial charge in [0.2, 0.25) is 0 Å². The lowest BCUT2D eigenvalue weighted by molar-refractivity contribution is 0.228. The molecule has 4 rings (SSSR count). The van der Waals surface area contributed by atoms with Crippen LogP contribution in [0.1, 0.15) is 29.3 Å². The van der Waals surface area contributed by atoms with Crippen LogP contribution in [-0.2, 0) is 25.9 Å². The zero-order valence-electron chi connectivity index (χ0n) is 14.9. The molecule has 0 amide bonds. The first-order valence-corrected chi connectivity index (χ1v) is 8.98. The molecule has 24 heavy (non-hydrogen) atoms. The Balaban J connectivity index is 1.72. The zero-order chi connectivity index (χ0) is 16.7. The van der Waals surface area contributed by atoms with E-state index in [1.165, 1.54) is 27.6 Å². The van der Waals surface area contributed by atoms with E-state index in [-0.39, 0.29) is 0 Å². The van der Waals surface area contributed by atoms with Crippen molar-refractivity contribution in [3.05, 3.63) is 70.9 Å². The van der Waals surface area contributed by atoms with Crippen molar-refractivity contribution >= 4 is 10.9 Å². The van der Waals surface area contributed by atoms with Gasteiger partial charge >= 0.3 is 0 Å². The van der Waals surface area contributed by atoms with Crippen molar-refractivity contribution in [2.75, 3.05) is 7.05 Å². The Bertz CT molecular complexity index is 858. The van der Waals surface area contributed by atoms with E-state index in [0.29, 0.717) is 6.04 Å². The fraction of sp³-hybridized carbons (Fsp3) is 0.364. The highest BCUT2D eigenvalue weighted by Crippen LogP contribution is 2.32. The average Bonchev–Trinajstić information content (AvgIpc) is 2.88. The van der Waals surface area contributed by atoms with Crippen LogP contribution < -0.4 is 0 Å². The summed E-state index contributed by atoms with van der Waals surface area (Å²) in [5.41, 5.74) is 7.24. The summed E-state index contributed by atoms with van der Waals surface area (Å²) in [7, 11) is 2.24. The highest BCUT2D eigenvalue weighted by Gasteiger charge is 2.26. The summed E-state index contributed by atoms with van der Waals surface area (Å²) in [6, 6.07) is 18.5. The molecule has 124 valence electrons. The summed E-state index contributed by atoms with van der Waals surface area (Å²) in [4.78, 5) is 2.47. The smallest absolute Gasteiger partial charge is 0.0486 e. The summed E-state index contributed by atoms with van der Waals surface area (Å²) >= 11 is 0. The molecule has 0 fully saturated rings. The van der Waals surface area contributed by atoms with Crippen LogP contribution in [0, 0.1) is 6.92 Å². The molecule has 2 aromatic carbocycles. The summed E-state index contributed by atoms with van der Waals surface area (Å²) in [6.45, 7) is 6.62. The van der Waals surface area contributed by atoms with E-state index in [2.05, 4.69) is 78.9 Å². The second-order valence-electron chi connectivity index (χ2n) is 7.30. The molecule has 1 aliphatic rings. The molecular weight excluding hydrogens is 292 g/mol. The molecule has 1 aromatic heterocycles. The van der Waals surface area contributed by atoms with Crippen LogP contribution in [0.25, 0.3) is 10.9 Å². The molecular formula is C22H26N2. The summed E-state index contributed by atoms with van der Waals surface area (Å²) in [6.07, 6.45) is 2.24. The Hall–Kier alpha value is -2.06. The third kappa shape index (κ3) is 2.65. The predicted octanol–water partition coefficient (Wildman–Crippen LogP) is 4.57. The standard InChI is InChI=1S/C22H26N2/c1-16-8-10-18(11-9-16)12-13-24-21-7-5-4-6-19(21)20-15-23(3)17(2)14-22(20)24/h4-11,17H,12-15H2,1-3H3. The Morgan fingerprint density at radius 3 is 2.58 bits per heavy atom. The van der Waals surface area contributed by atoms with E-state index in [1.54, 1.807) is 5.69 Å². The number of para-hydroxylation sites is 1. The molecule has 1 unspecified atom stereocenters. The van der Waals surface area contributed by atoms with Crippen molar-refractivity contribution in [2.45, 2.75) is 45.8 Å². The number of nitrogens with zero attached hydrogens (tertiary/aromatic N) is 2. The molecule has 2 heteroatoms. The highest BCUT2D eigenvalue weighted by molar-refractivity contribution is 5.85. The van der Waals surface area contributed by atoms with Crippen molar-refractivity contribution in [3.63, 3.8) is 0 Å². The quantitative estimate of drug-likeness (QED) is 0.687. The molecule has 1 atom stereocenters. The first kappa shape index (κ1) is 15.5. The number of fused-ring (bicyclic) bond motifs is 3. The highest BCUT2D eigenvalue weighted by atomic mass is 15.1. The monoisotopic (exact) mass is 318 g/mol. The van der Waals surface area contributed by atoms with Gasteiger partial charge in [-0.25, -0.2) is 0 Å². The third-order valence-electron chi connectivity index (χ3n) is 5.59. The Morgan fingerprint density at radius 2 is 1.79 bits per heavy atom. The maximum atomic E-state index is 2.58. The van der Waals surface area contributed by atoms with Gasteiger partial charge in [0.15, 0.2) is 0 Å². The van der Waals surface area contributed by atoms with E-state index in [9.17, 15) is 0 Å². The fourth-order valence-corrected chi connectivity index (χ4v) is 3.93. The topological polar surface area (TPSA) is 8.17 Å². The van der Waals surface area contributed by atoms with Crippen LogP contribution in [0.4, 0.5) is 0 Å². The van der Waals surface area contributed by atoms with Crippen molar-refractivity contribution in [2.24, 2.45) is 0 Å². The lowest BCUT2D eigenvalue weighted by atomic mass is 10.00. The van der Waals surface area contributed by atoms with E-state index in [1.807, 2.05) is 0 Å². The van der Waals surface area contributed by atoms with E-state index in [0.717, 1.165) is 25.9 Å². The van der Waals surface area contributed by atoms with Gasteiger partial charge in [-0.1, -0.05) is 48.0 Å². The van der Waals surface area contributed by atoms with Gasteiger partial charge in [-0.15, -0.1) is 0 Å². The average molecular weight is 318 g/mol. The van der Waals surface area contributed by atoms with Crippen LogP contribution >= 0.6 is 0 Å². The van der Waals surface area contributed by atoms with Gasteiger partial charge in [0.25, 0.3) is 0 Å². The summed E-state index contributed by atoms with van der Waals surface area (Å²) in [5.74, 6) is 0. The number of hydrogen-bond donors (Lipinski definition) is 0. The fourth-order valence-electron chi connectivity index (χ4n) is 3.93. The molecule has 2 nitrogen and oxygen atoms in total. The first-order chi connectivity index (χ1) is 11.6. The molecule has 0 spiro atoms. The predicted molar refractivity (Wildman–Crippen MR) is 101 cm³/mol. The Morgan fingerprint density at radius 1 is 1.04 bits per heavy atom. The number of aromatic nitrogens is 1. The molecule has 1 aliphatic heterocycles. The maximum absolute atomic E-state index is 2.58. The molecule has 0 saturated carbocycles. The third-order valence-corrected chi connectivity index (χ3v) is 5.59. The number of likely N-dealkylation sites (N-methyl/N-ethyl adjacent to an activating group) is 1. The zero-order valence-corrected chi connectivity index (χ0v) is 14.9.